The van der Waals surface area contributed by atoms with Crippen LogP contribution in [0.25, 0.3) is 0 Å². The van der Waals surface area contributed by atoms with Crippen molar-refractivity contribution in [3.8, 4) is 0 Å². The Bertz CT molecular complexity index is 414. The Morgan fingerprint density at radius 3 is 2.65 bits per heavy atom. The van der Waals surface area contributed by atoms with Crippen LogP contribution in [0.4, 0.5) is 0 Å². The fourth-order valence-corrected chi connectivity index (χ4v) is 3.60. The van der Waals surface area contributed by atoms with E-state index in [4.69, 9.17) is 0 Å². The molecule has 0 unspecified atom stereocenters. The van der Waals surface area contributed by atoms with E-state index in [1.165, 1.54) is 24.8 Å². The lowest BCUT2D eigenvalue weighted by Crippen LogP contribution is -2.48. The second kappa shape index (κ2) is 4.17. The molecule has 1 aromatic carbocycles. The Balaban J connectivity index is 1.93. The van der Waals surface area contributed by atoms with Gasteiger partial charge in [0, 0.05) is 17.9 Å². The van der Waals surface area contributed by atoms with Gasteiger partial charge in [0.05, 0.1) is 0 Å². The number of benzene rings is 1. The molecule has 3 rings (SSSR count). The van der Waals surface area contributed by atoms with Crippen LogP contribution in [0.5, 0.6) is 0 Å². The molecular weight excluding hydrogens is 210 g/mol. The zero-order chi connectivity index (χ0) is 11.7. The van der Waals surface area contributed by atoms with Crippen molar-refractivity contribution in [1.29, 1.82) is 0 Å². The van der Waals surface area contributed by atoms with Crippen LogP contribution in [0.3, 0.4) is 0 Å². The third-order valence-electron chi connectivity index (χ3n) is 4.42. The maximum Gasteiger partial charge on any atom is 0.220 e. The fraction of sp³-hybridized carbons (Fsp3) is 0.533. The topological polar surface area (TPSA) is 29.1 Å². The Morgan fingerprint density at radius 1 is 1.12 bits per heavy atom. The summed E-state index contributed by atoms with van der Waals surface area (Å²) in [4.78, 5) is 11.6. The van der Waals surface area contributed by atoms with E-state index in [-0.39, 0.29) is 11.4 Å². The van der Waals surface area contributed by atoms with Crippen LogP contribution in [0.1, 0.15) is 50.0 Å². The van der Waals surface area contributed by atoms with E-state index in [0.29, 0.717) is 12.3 Å². The third kappa shape index (κ3) is 1.86. The molecule has 2 atom stereocenters. The Kier molecular flexibility index (Phi) is 2.65. The van der Waals surface area contributed by atoms with Gasteiger partial charge < -0.3 is 5.32 Å². The molecular formula is C15H19NO. The van der Waals surface area contributed by atoms with Crippen molar-refractivity contribution in [2.45, 2.75) is 50.0 Å². The minimum atomic E-state index is 0.0662. The summed E-state index contributed by atoms with van der Waals surface area (Å²) >= 11 is 0. The molecule has 1 heterocycles. The standard InChI is InChI=1S/C15H19NO/c17-14-9-11-15(16-14)10-5-4-8-13(15)12-6-2-1-3-7-12/h1-3,6-7,13H,4-5,8-11H2,(H,16,17)/t13-,15+/m0/s1. The molecule has 1 aromatic rings. The molecule has 1 aliphatic carbocycles. The van der Waals surface area contributed by atoms with E-state index in [2.05, 4.69) is 35.6 Å². The molecule has 17 heavy (non-hydrogen) atoms. The fourth-order valence-electron chi connectivity index (χ4n) is 3.60. The molecule has 0 bridgehead atoms. The maximum absolute atomic E-state index is 11.6. The summed E-state index contributed by atoms with van der Waals surface area (Å²) in [5.74, 6) is 0.761. The van der Waals surface area contributed by atoms with Gasteiger partial charge in [-0.15, -0.1) is 0 Å². The highest BCUT2D eigenvalue weighted by Gasteiger charge is 2.45. The van der Waals surface area contributed by atoms with Gasteiger partial charge in [0.2, 0.25) is 5.91 Å². The number of amides is 1. The third-order valence-corrected chi connectivity index (χ3v) is 4.42. The quantitative estimate of drug-likeness (QED) is 0.788. The first-order chi connectivity index (χ1) is 8.30. The zero-order valence-corrected chi connectivity index (χ0v) is 10.1. The minimum absolute atomic E-state index is 0.0662. The van der Waals surface area contributed by atoms with Gasteiger partial charge >= 0.3 is 0 Å². The van der Waals surface area contributed by atoms with Crippen LogP contribution in [0.2, 0.25) is 0 Å². The maximum atomic E-state index is 11.6. The van der Waals surface area contributed by atoms with Crippen molar-refractivity contribution in [2.24, 2.45) is 0 Å². The van der Waals surface area contributed by atoms with Crippen molar-refractivity contribution < 1.29 is 4.79 Å². The van der Waals surface area contributed by atoms with Crippen molar-refractivity contribution >= 4 is 5.91 Å². The average molecular weight is 229 g/mol. The molecule has 2 fully saturated rings. The second-order valence-corrected chi connectivity index (χ2v) is 5.41. The van der Waals surface area contributed by atoms with E-state index >= 15 is 0 Å². The summed E-state index contributed by atoms with van der Waals surface area (Å²) in [6.45, 7) is 0. The molecule has 1 aliphatic heterocycles. The van der Waals surface area contributed by atoms with Gasteiger partial charge in [-0.2, -0.15) is 0 Å². The smallest absolute Gasteiger partial charge is 0.220 e. The number of nitrogens with one attached hydrogen (secondary N) is 1. The second-order valence-electron chi connectivity index (χ2n) is 5.41. The molecule has 1 N–H and O–H groups in total. The number of rotatable bonds is 1. The highest BCUT2D eigenvalue weighted by atomic mass is 16.2. The summed E-state index contributed by atoms with van der Waals surface area (Å²) < 4.78 is 0. The van der Waals surface area contributed by atoms with Crippen molar-refractivity contribution in [2.75, 3.05) is 0 Å². The van der Waals surface area contributed by atoms with Gasteiger partial charge in [-0.1, -0.05) is 43.2 Å². The number of carbonyl (C=O) groups is 1. The zero-order valence-electron chi connectivity index (χ0n) is 10.1. The largest absolute Gasteiger partial charge is 0.350 e. The summed E-state index contributed by atoms with van der Waals surface area (Å²) in [7, 11) is 0. The Labute approximate surface area is 102 Å². The first kappa shape index (κ1) is 10.8. The monoisotopic (exact) mass is 229 g/mol. The summed E-state index contributed by atoms with van der Waals surface area (Å²) in [5, 5.41) is 3.28. The molecule has 1 saturated heterocycles. The van der Waals surface area contributed by atoms with Crippen LogP contribution >= 0.6 is 0 Å². The van der Waals surface area contributed by atoms with E-state index in [0.717, 1.165) is 12.8 Å². The van der Waals surface area contributed by atoms with Gasteiger partial charge in [0.25, 0.3) is 0 Å². The van der Waals surface area contributed by atoms with Gasteiger partial charge in [-0.3, -0.25) is 4.79 Å². The van der Waals surface area contributed by atoms with E-state index in [1.807, 2.05) is 0 Å². The Hall–Kier alpha value is -1.31. The van der Waals surface area contributed by atoms with E-state index < -0.39 is 0 Å². The van der Waals surface area contributed by atoms with Gasteiger partial charge in [-0.25, -0.2) is 0 Å². The minimum Gasteiger partial charge on any atom is -0.350 e. The summed E-state index contributed by atoms with van der Waals surface area (Å²) in [6, 6.07) is 10.7. The van der Waals surface area contributed by atoms with Crippen molar-refractivity contribution in [1.82, 2.24) is 5.32 Å². The van der Waals surface area contributed by atoms with Crippen LogP contribution < -0.4 is 5.32 Å². The normalized spacial score (nSPS) is 32.7. The van der Waals surface area contributed by atoms with Crippen LogP contribution in [0.15, 0.2) is 30.3 Å². The van der Waals surface area contributed by atoms with Gasteiger partial charge in [-0.05, 0) is 24.8 Å². The van der Waals surface area contributed by atoms with Crippen LogP contribution in [-0.4, -0.2) is 11.4 Å². The lowest BCUT2D eigenvalue weighted by molar-refractivity contribution is -0.120. The Morgan fingerprint density at radius 2 is 1.94 bits per heavy atom. The molecule has 2 nitrogen and oxygen atoms in total. The lowest BCUT2D eigenvalue weighted by Gasteiger charge is -2.41. The highest BCUT2D eigenvalue weighted by molar-refractivity contribution is 5.79. The first-order valence-electron chi connectivity index (χ1n) is 6.66. The molecule has 90 valence electrons. The predicted octanol–water partition coefficient (Wildman–Crippen LogP) is 2.99. The summed E-state index contributed by atoms with van der Waals surface area (Å²) in [5.41, 5.74) is 1.46. The molecule has 1 spiro atoms. The number of carbonyl (C=O) groups excluding carboxylic acids is 1. The van der Waals surface area contributed by atoms with Crippen LogP contribution in [0, 0.1) is 0 Å². The van der Waals surface area contributed by atoms with Crippen LogP contribution in [-0.2, 0) is 4.79 Å². The van der Waals surface area contributed by atoms with E-state index in [9.17, 15) is 4.79 Å². The number of hydrogen-bond donors (Lipinski definition) is 1. The number of hydrogen-bond acceptors (Lipinski definition) is 1. The van der Waals surface area contributed by atoms with Crippen molar-refractivity contribution in [3.05, 3.63) is 35.9 Å². The van der Waals surface area contributed by atoms with Crippen molar-refractivity contribution in [3.63, 3.8) is 0 Å². The average Bonchev–Trinajstić information content (AvgIpc) is 2.73. The van der Waals surface area contributed by atoms with E-state index in [1.54, 1.807) is 0 Å². The molecule has 1 saturated carbocycles. The predicted molar refractivity (Wildman–Crippen MR) is 67.8 cm³/mol. The molecule has 0 radical (unpaired) electrons. The molecule has 0 aromatic heterocycles. The lowest BCUT2D eigenvalue weighted by atomic mass is 9.69. The highest BCUT2D eigenvalue weighted by Crippen LogP contribution is 2.45. The first-order valence-corrected chi connectivity index (χ1v) is 6.66. The summed E-state index contributed by atoms with van der Waals surface area (Å²) in [6.07, 6.45) is 6.64. The molecule has 2 heteroatoms. The van der Waals surface area contributed by atoms with Gasteiger partial charge in [0.15, 0.2) is 0 Å². The SMILES string of the molecule is O=C1CC[C@@]2(CCCC[C@H]2c2ccccc2)N1. The molecule has 2 aliphatic rings. The molecule has 1 amide bonds. The van der Waals surface area contributed by atoms with Gasteiger partial charge in [0.1, 0.15) is 0 Å².